The maximum Gasteiger partial charge on any atom is 0.306 e. The fraction of sp³-hybridized carbons (Fsp3) is 0.500. The zero-order valence-electron chi connectivity index (χ0n) is 17.8. The van der Waals surface area contributed by atoms with Gasteiger partial charge in [-0.25, -0.2) is 4.68 Å². The molecule has 1 fully saturated rings. The molecule has 1 aromatic heterocycles. The molecule has 3 rings (SSSR count). The number of halogens is 1. The number of hydrogen-bond acceptors (Lipinski definition) is 4. The van der Waals surface area contributed by atoms with Crippen LogP contribution in [-0.4, -0.2) is 53.4 Å². The molecule has 1 N–H and O–H groups in total. The monoisotopic (exact) mass is 525 g/mol. The number of esters is 1. The molecular weight excluding hydrogens is 493 g/mol. The van der Waals surface area contributed by atoms with E-state index >= 15 is 0 Å². The maximum absolute atomic E-state index is 11.9. The zero-order chi connectivity index (χ0) is 20.5. The molecule has 0 spiro atoms. The van der Waals surface area contributed by atoms with E-state index in [4.69, 9.17) is 4.74 Å². The number of benzene rings is 1. The van der Waals surface area contributed by atoms with Gasteiger partial charge in [-0.15, -0.1) is 24.0 Å². The van der Waals surface area contributed by atoms with Gasteiger partial charge >= 0.3 is 5.97 Å². The van der Waals surface area contributed by atoms with E-state index in [1.54, 1.807) is 7.05 Å². The van der Waals surface area contributed by atoms with E-state index in [0.717, 1.165) is 36.5 Å². The summed E-state index contributed by atoms with van der Waals surface area (Å²) in [6.07, 6.45) is 9.58. The summed E-state index contributed by atoms with van der Waals surface area (Å²) in [6.45, 7) is 1.37. The molecule has 1 saturated carbocycles. The molecule has 0 saturated heterocycles. The van der Waals surface area contributed by atoms with Crippen molar-refractivity contribution in [2.45, 2.75) is 51.2 Å². The Balaban J connectivity index is 0.00000320. The van der Waals surface area contributed by atoms with Gasteiger partial charge < -0.3 is 15.0 Å². The van der Waals surface area contributed by atoms with E-state index < -0.39 is 0 Å². The highest BCUT2D eigenvalue weighted by Gasteiger charge is 2.18. The Morgan fingerprint density at radius 1 is 1.30 bits per heavy atom. The van der Waals surface area contributed by atoms with Crippen molar-refractivity contribution in [2.24, 2.45) is 4.99 Å². The van der Waals surface area contributed by atoms with Crippen LogP contribution in [-0.2, 0) is 16.1 Å². The molecule has 0 amide bonds. The summed E-state index contributed by atoms with van der Waals surface area (Å²) in [6, 6.07) is 10.0. The molecule has 2 aromatic rings. The molecule has 164 valence electrons. The minimum atomic E-state index is -0.0876. The second-order valence-corrected chi connectivity index (χ2v) is 7.46. The first-order valence-electron chi connectivity index (χ1n) is 10.4. The first-order valence-corrected chi connectivity index (χ1v) is 10.4. The van der Waals surface area contributed by atoms with Crippen molar-refractivity contribution in [3.63, 3.8) is 0 Å². The lowest BCUT2D eigenvalue weighted by Gasteiger charge is -2.21. The number of hydrogen-bond donors (Lipinski definition) is 1. The fourth-order valence-corrected chi connectivity index (χ4v) is 3.58. The lowest BCUT2D eigenvalue weighted by atomic mass is 10.3. The second kappa shape index (κ2) is 12.6. The lowest BCUT2D eigenvalue weighted by Crippen LogP contribution is -2.39. The average Bonchev–Trinajstić information content (AvgIpc) is 3.41. The third-order valence-electron chi connectivity index (χ3n) is 5.09. The highest BCUT2D eigenvalue weighted by Crippen LogP contribution is 2.21. The van der Waals surface area contributed by atoms with E-state index in [1.165, 1.54) is 12.8 Å². The first kappa shape index (κ1) is 24.2. The molecular formula is C22H32IN5O2. The van der Waals surface area contributed by atoms with Crippen LogP contribution in [0.5, 0.6) is 0 Å². The molecule has 0 aliphatic heterocycles. The number of ether oxygens (including phenoxy) is 1. The SMILES string of the molecule is CN=C(NCCCC(=O)OC1CCCC1)N(C)Cc1cnn(-c2ccccc2)c1.I. The Kier molecular flexibility index (Phi) is 10.1. The molecule has 1 aliphatic rings. The van der Waals surface area contributed by atoms with Crippen molar-refractivity contribution < 1.29 is 9.53 Å². The third kappa shape index (κ3) is 7.30. The molecule has 30 heavy (non-hydrogen) atoms. The van der Waals surface area contributed by atoms with Crippen molar-refractivity contribution in [2.75, 3.05) is 20.6 Å². The van der Waals surface area contributed by atoms with Crippen molar-refractivity contribution in [1.29, 1.82) is 0 Å². The zero-order valence-corrected chi connectivity index (χ0v) is 20.1. The normalized spacial score (nSPS) is 14.3. The molecule has 0 radical (unpaired) electrons. The summed E-state index contributed by atoms with van der Waals surface area (Å²) in [5, 5.41) is 7.76. The Morgan fingerprint density at radius 3 is 2.73 bits per heavy atom. The van der Waals surface area contributed by atoms with E-state index in [9.17, 15) is 4.79 Å². The summed E-state index contributed by atoms with van der Waals surface area (Å²) in [5.41, 5.74) is 2.13. The van der Waals surface area contributed by atoms with Gasteiger partial charge in [-0.3, -0.25) is 9.79 Å². The van der Waals surface area contributed by atoms with Crippen molar-refractivity contribution in [3.05, 3.63) is 48.3 Å². The van der Waals surface area contributed by atoms with Crippen molar-refractivity contribution in [3.8, 4) is 5.69 Å². The van der Waals surface area contributed by atoms with Gasteiger partial charge in [0.05, 0.1) is 11.9 Å². The number of aliphatic imine (C=N–C) groups is 1. The number of nitrogens with one attached hydrogen (secondary N) is 1. The molecule has 0 unspecified atom stereocenters. The fourth-order valence-electron chi connectivity index (χ4n) is 3.58. The summed E-state index contributed by atoms with van der Waals surface area (Å²) < 4.78 is 7.36. The predicted molar refractivity (Wildman–Crippen MR) is 129 cm³/mol. The standard InChI is InChI=1S/C22H31N5O2.HI/c1-23-22(24-14-8-13-21(28)29-20-11-6-7-12-20)26(2)16-18-15-25-27(17-18)19-9-4-3-5-10-19;/h3-5,9-10,15,17,20H,6-8,11-14,16H2,1-2H3,(H,23,24);1H. The predicted octanol–water partition coefficient (Wildman–Crippen LogP) is 3.76. The van der Waals surface area contributed by atoms with Gasteiger partial charge in [0.1, 0.15) is 6.10 Å². The van der Waals surface area contributed by atoms with Gasteiger partial charge in [0.2, 0.25) is 0 Å². The quantitative estimate of drug-likeness (QED) is 0.187. The van der Waals surface area contributed by atoms with E-state index in [0.29, 0.717) is 19.5 Å². The number of carbonyl (C=O) groups is 1. The first-order chi connectivity index (χ1) is 14.2. The number of nitrogens with zero attached hydrogens (tertiary/aromatic N) is 4. The summed E-state index contributed by atoms with van der Waals surface area (Å²) in [7, 11) is 3.75. The van der Waals surface area contributed by atoms with Gasteiger partial charge in [-0.05, 0) is 44.2 Å². The van der Waals surface area contributed by atoms with Crippen LogP contribution >= 0.6 is 24.0 Å². The summed E-state index contributed by atoms with van der Waals surface area (Å²) in [4.78, 5) is 18.3. The Hall–Kier alpha value is -2.10. The smallest absolute Gasteiger partial charge is 0.306 e. The maximum atomic E-state index is 11.9. The largest absolute Gasteiger partial charge is 0.462 e. The van der Waals surface area contributed by atoms with Crippen LogP contribution < -0.4 is 5.32 Å². The topological polar surface area (TPSA) is 71.8 Å². The molecule has 1 aromatic carbocycles. The number of guanidine groups is 1. The average molecular weight is 525 g/mol. The number of rotatable bonds is 8. The second-order valence-electron chi connectivity index (χ2n) is 7.46. The number of aromatic nitrogens is 2. The highest BCUT2D eigenvalue weighted by atomic mass is 127. The van der Waals surface area contributed by atoms with Gasteiger partial charge in [-0.1, -0.05) is 18.2 Å². The Labute approximate surface area is 195 Å². The molecule has 0 atom stereocenters. The van der Waals surface area contributed by atoms with E-state index in [-0.39, 0.29) is 36.0 Å². The lowest BCUT2D eigenvalue weighted by molar-refractivity contribution is -0.148. The molecule has 1 heterocycles. The van der Waals surface area contributed by atoms with Crippen LogP contribution in [0.3, 0.4) is 0 Å². The third-order valence-corrected chi connectivity index (χ3v) is 5.09. The van der Waals surface area contributed by atoms with Gasteiger partial charge in [0.15, 0.2) is 5.96 Å². The van der Waals surface area contributed by atoms with Crippen LogP contribution in [0.25, 0.3) is 5.69 Å². The van der Waals surface area contributed by atoms with Crippen LogP contribution in [0.2, 0.25) is 0 Å². The molecule has 0 bridgehead atoms. The molecule has 8 heteroatoms. The minimum absolute atomic E-state index is 0. The van der Waals surface area contributed by atoms with Crippen molar-refractivity contribution in [1.82, 2.24) is 20.0 Å². The van der Waals surface area contributed by atoms with Crippen LogP contribution in [0.1, 0.15) is 44.1 Å². The summed E-state index contributed by atoms with van der Waals surface area (Å²) >= 11 is 0. The highest BCUT2D eigenvalue weighted by molar-refractivity contribution is 14.0. The minimum Gasteiger partial charge on any atom is -0.462 e. The Bertz CT molecular complexity index is 803. The van der Waals surface area contributed by atoms with Crippen LogP contribution in [0.4, 0.5) is 0 Å². The van der Waals surface area contributed by atoms with E-state index in [2.05, 4.69) is 15.4 Å². The number of carbonyl (C=O) groups excluding carboxylic acids is 1. The Morgan fingerprint density at radius 2 is 2.03 bits per heavy atom. The van der Waals surface area contributed by atoms with Gasteiger partial charge in [0.25, 0.3) is 0 Å². The molecule has 7 nitrogen and oxygen atoms in total. The van der Waals surface area contributed by atoms with Crippen molar-refractivity contribution >= 4 is 35.9 Å². The van der Waals surface area contributed by atoms with Gasteiger partial charge in [0, 0.05) is 45.4 Å². The van der Waals surface area contributed by atoms with Gasteiger partial charge in [-0.2, -0.15) is 5.10 Å². The van der Waals surface area contributed by atoms with Crippen LogP contribution in [0.15, 0.2) is 47.7 Å². The van der Waals surface area contributed by atoms with Crippen LogP contribution in [0, 0.1) is 0 Å². The number of para-hydroxylation sites is 1. The summed E-state index contributed by atoms with van der Waals surface area (Å²) in [5.74, 6) is 0.706. The molecule has 1 aliphatic carbocycles. The van der Waals surface area contributed by atoms with E-state index in [1.807, 2.05) is 59.4 Å².